The van der Waals surface area contributed by atoms with Gasteiger partial charge in [-0.1, -0.05) is 74.1 Å². The molecule has 1 unspecified atom stereocenters. The first-order chi connectivity index (χ1) is 7.25. The van der Waals surface area contributed by atoms with Gasteiger partial charge in [0.05, 0.1) is 0 Å². The van der Waals surface area contributed by atoms with Gasteiger partial charge < -0.3 is 0 Å². The molecule has 0 fully saturated rings. The lowest BCUT2D eigenvalue weighted by Gasteiger charge is -2.34. The Morgan fingerprint density at radius 3 is 1.62 bits per heavy atom. The summed E-state index contributed by atoms with van der Waals surface area (Å²) in [5, 5.41) is 0. The third-order valence-electron chi connectivity index (χ3n) is 3.71. The van der Waals surface area contributed by atoms with Crippen molar-refractivity contribution in [1.82, 2.24) is 0 Å². The fraction of sp³-hybridized carbons (Fsp3) is 1.00. The molecule has 0 spiro atoms. The Labute approximate surface area is 104 Å². The highest BCUT2D eigenvalue weighted by Crippen LogP contribution is 2.36. The lowest BCUT2D eigenvalue weighted by atomic mass is 9.72. The average Bonchev–Trinajstić information content (AvgIpc) is 2.07. The predicted molar refractivity (Wildman–Crippen MR) is 75.7 cm³/mol. The van der Waals surface area contributed by atoms with Gasteiger partial charge in [-0.3, -0.25) is 0 Å². The van der Waals surface area contributed by atoms with Crippen LogP contribution in [0.3, 0.4) is 0 Å². The average molecular weight is 226 g/mol. The molecular formula is C16H34. The summed E-state index contributed by atoms with van der Waals surface area (Å²) < 4.78 is 0. The van der Waals surface area contributed by atoms with Crippen molar-refractivity contribution in [3.63, 3.8) is 0 Å². The fourth-order valence-electron chi connectivity index (χ4n) is 2.86. The highest BCUT2D eigenvalue weighted by atomic mass is 14.3. The molecule has 0 aliphatic heterocycles. The van der Waals surface area contributed by atoms with Crippen LogP contribution in [0.1, 0.15) is 80.6 Å². The second kappa shape index (κ2) is 7.35. The second-order valence-electron chi connectivity index (χ2n) is 7.25. The van der Waals surface area contributed by atoms with E-state index in [1.165, 1.54) is 32.1 Å². The van der Waals surface area contributed by atoms with Crippen LogP contribution < -0.4 is 0 Å². The normalized spacial score (nSPS) is 14.8. The topological polar surface area (TPSA) is 0 Å². The number of hydrogen-bond donors (Lipinski definition) is 0. The molecule has 0 rings (SSSR count). The molecule has 0 aromatic heterocycles. The first kappa shape index (κ1) is 16.0. The molecule has 0 heterocycles. The van der Waals surface area contributed by atoms with Gasteiger partial charge in [0.15, 0.2) is 0 Å². The molecule has 0 radical (unpaired) electrons. The Morgan fingerprint density at radius 2 is 1.25 bits per heavy atom. The molecule has 0 saturated heterocycles. The first-order valence-corrected chi connectivity index (χ1v) is 7.25. The van der Waals surface area contributed by atoms with Crippen molar-refractivity contribution in [3.8, 4) is 0 Å². The standard InChI is InChI=1S/C16H34/c1-13(2)11-9-8-10-12-15(14(3)4)16(5,6)7/h13-15H,8-12H2,1-7H3. The van der Waals surface area contributed by atoms with E-state index in [0.717, 1.165) is 17.8 Å². The van der Waals surface area contributed by atoms with Gasteiger partial charge in [0.25, 0.3) is 0 Å². The van der Waals surface area contributed by atoms with Crippen molar-refractivity contribution < 1.29 is 0 Å². The summed E-state index contributed by atoms with van der Waals surface area (Å²) in [6.07, 6.45) is 7.10. The molecule has 0 aliphatic carbocycles. The molecule has 0 bridgehead atoms. The van der Waals surface area contributed by atoms with Crippen molar-refractivity contribution in [1.29, 1.82) is 0 Å². The van der Waals surface area contributed by atoms with Gasteiger partial charge in [0, 0.05) is 0 Å². The highest BCUT2D eigenvalue weighted by molar-refractivity contribution is 4.76. The van der Waals surface area contributed by atoms with Crippen LogP contribution >= 0.6 is 0 Å². The van der Waals surface area contributed by atoms with Gasteiger partial charge >= 0.3 is 0 Å². The van der Waals surface area contributed by atoms with E-state index in [1.807, 2.05) is 0 Å². The zero-order chi connectivity index (χ0) is 12.8. The minimum Gasteiger partial charge on any atom is -0.0628 e. The van der Waals surface area contributed by atoms with Gasteiger partial charge in [0.2, 0.25) is 0 Å². The molecule has 0 aliphatic rings. The van der Waals surface area contributed by atoms with E-state index in [1.54, 1.807) is 0 Å². The number of rotatable bonds is 7. The van der Waals surface area contributed by atoms with Gasteiger partial charge in [-0.2, -0.15) is 0 Å². The quantitative estimate of drug-likeness (QED) is 0.473. The molecule has 0 amide bonds. The van der Waals surface area contributed by atoms with E-state index in [0.29, 0.717) is 5.41 Å². The van der Waals surface area contributed by atoms with E-state index >= 15 is 0 Å². The molecule has 0 nitrogen and oxygen atoms in total. The maximum Gasteiger partial charge on any atom is -0.0342 e. The summed E-state index contributed by atoms with van der Waals surface area (Å²) in [4.78, 5) is 0. The molecule has 0 heteroatoms. The zero-order valence-electron chi connectivity index (χ0n) is 12.8. The summed E-state index contributed by atoms with van der Waals surface area (Å²) in [7, 11) is 0. The van der Waals surface area contributed by atoms with Crippen molar-refractivity contribution >= 4 is 0 Å². The molecule has 1 atom stereocenters. The van der Waals surface area contributed by atoms with E-state index in [4.69, 9.17) is 0 Å². The summed E-state index contributed by atoms with van der Waals surface area (Å²) in [5.74, 6) is 2.58. The maximum absolute atomic E-state index is 2.39. The van der Waals surface area contributed by atoms with Gasteiger partial charge in [-0.25, -0.2) is 0 Å². The number of hydrogen-bond acceptors (Lipinski definition) is 0. The Hall–Kier alpha value is 0. The van der Waals surface area contributed by atoms with Crippen molar-refractivity contribution in [2.75, 3.05) is 0 Å². The van der Waals surface area contributed by atoms with E-state index in [2.05, 4.69) is 48.5 Å². The van der Waals surface area contributed by atoms with E-state index < -0.39 is 0 Å². The molecule has 0 N–H and O–H groups in total. The van der Waals surface area contributed by atoms with Gasteiger partial charge in [0.1, 0.15) is 0 Å². The van der Waals surface area contributed by atoms with Crippen LogP contribution in [0.2, 0.25) is 0 Å². The van der Waals surface area contributed by atoms with Crippen LogP contribution in [-0.2, 0) is 0 Å². The summed E-state index contributed by atoms with van der Waals surface area (Å²) in [6, 6.07) is 0. The van der Waals surface area contributed by atoms with Crippen LogP contribution in [0.25, 0.3) is 0 Å². The highest BCUT2D eigenvalue weighted by Gasteiger charge is 2.26. The Kier molecular flexibility index (Phi) is 7.35. The van der Waals surface area contributed by atoms with Crippen molar-refractivity contribution in [2.24, 2.45) is 23.2 Å². The largest absolute Gasteiger partial charge is 0.0628 e. The molecule has 0 saturated carbocycles. The molecular weight excluding hydrogens is 192 g/mol. The van der Waals surface area contributed by atoms with Crippen LogP contribution in [-0.4, -0.2) is 0 Å². The van der Waals surface area contributed by atoms with Gasteiger partial charge in [-0.15, -0.1) is 0 Å². The Bertz CT molecular complexity index is 159. The fourth-order valence-corrected chi connectivity index (χ4v) is 2.86. The lowest BCUT2D eigenvalue weighted by Crippen LogP contribution is -2.25. The van der Waals surface area contributed by atoms with E-state index in [9.17, 15) is 0 Å². The van der Waals surface area contributed by atoms with Gasteiger partial charge in [-0.05, 0) is 29.6 Å². The Morgan fingerprint density at radius 1 is 0.750 bits per heavy atom. The summed E-state index contributed by atoms with van der Waals surface area (Å²) in [6.45, 7) is 16.6. The number of unbranched alkanes of at least 4 members (excludes halogenated alkanes) is 2. The van der Waals surface area contributed by atoms with Crippen LogP contribution in [0.4, 0.5) is 0 Å². The molecule has 98 valence electrons. The molecule has 0 aromatic rings. The van der Waals surface area contributed by atoms with Crippen LogP contribution in [0, 0.1) is 23.2 Å². The lowest BCUT2D eigenvalue weighted by molar-refractivity contribution is 0.161. The third kappa shape index (κ3) is 7.30. The minimum absolute atomic E-state index is 0.478. The van der Waals surface area contributed by atoms with Crippen molar-refractivity contribution in [3.05, 3.63) is 0 Å². The summed E-state index contributed by atoms with van der Waals surface area (Å²) in [5.41, 5.74) is 0.478. The predicted octanol–water partition coefficient (Wildman–Crippen LogP) is 5.91. The SMILES string of the molecule is CC(C)CCCCCC(C(C)C)C(C)(C)C. The third-order valence-corrected chi connectivity index (χ3v) is 3.71. The first-order valence-electron chi connectivity index (χ1n) is 7.25. The van der Waals surface area contributed by atoms with E-state index in [-0.39, 0.29) is 0 Å². The monoisotopic (exact) mass is 226 g/mol. The smallest absolute Gasteiger partial charge is 0.0342 e. The van der Waals surface area contributed by atoms with Crippen LogP contribution in [0.5, 0.6) is 0 Å². The minimum atomic E-state index is 0.478. The Balaban J connectivity index is 3.79. The molecule has 16 heavy (non-hydrogen) atoms. The van der Waals surface area contributed by atoms with Crippen LogP contribution in [0.15, 0.2) is 0 Å². The summed E-state index contributed by atoms with van der Waals surface area (Å²) >= 11 is 0. The maximum atomic E-state index is 2.39. The van der Waals surface area contributed by atoms with Crippen molar-refractivity contribution in [2.45, 2.75) is 80.6 Å². The zero-order valence-corrected chi connectivity index (χ0v) is 12.8. The second-order valence-corrected chi connectivity index (χ2v) is 7.25. The molecule has 0 aromatic carbocycles.